The highest BCUT2D eigenvalue weighted by Crippen LogP contribution is 2.34. The molecule has 0 aromatic heterocycles. The fraction of sp³-hybridized carbons (Fsp3) is 0.500. The van der Waals surface area contributed by atoms with Crippen LogP contribution in [-0.4, -0.2) is 28.8 Å². The Kier molecular flexibility index (Phi) is 3.71. The molecular formula is C10H11F2IN2. The highest BCUT2D eigenvalue weighted by molar-refractivity contribution is 14.1. The summed E-state index contributed by atoms with van der Waals surface area (Å²) in [6, 6.07) is 1.99. The van der Waals surface area contributed by atoms with Gasteiger partial charge >= 0.3 is 0 Å². The molecule has 0 atom stereocenters. The number of alkyl halides is 3. The van der Waals surface area contributed by atoms with Gasteiger partial charge in [-0.3, -0.25) is 0 Å². The molecule has 0 bridgehead atoms. The van der Waals surface area contributed by atoms with Gasteiger partial charge in [0.05, 0.1) is 22.7 Å². The highest BCUT2D eigenvalue weighted by atomic mass is 127. The maximum Gasteiger partial charge on any atom is 0.296 e. The summed E-state index contributed by atoms with van der Waals surface area (Å²) in [5.41, 5.74) is 1.01. The molecule has 0 spiro atoms. The third-order valence-electron chi connectivity index (χ3n) is 2.21. The number of allylic oxidation sites excluding steroid dienone is 3. The van der Waals surface area contributed by atoms with Crippen LogP contribution in [0.25, 0.3) is 0 Å². The fourth-order valence-electron chi connectivity index (χ4n) is 1.71. The van der Waals surface area contributed by atoms with E-state index in [0.717, 1.165) is 0 Å². The molecule has 0 aliphatic carbocycles. The zero-order valence-corrected chi connectivity index (χ0v) is 10.7. The molecule has 0 unspecified atom stereocenters. The number of nitrogens with zero attached hydrogens (tertiary/aromatic N) is 2. The monoisotopic (exact) mass is 324 g/mol. The molecule has 0 fully saturated rings. The maximum absolute atomic E-state index is 13.6. The van der Waals surface area contributed by atoms with Crippen LogP contribution in [0.4, 0.5) is 8.78 Å². The second-order valence-electron chi connectivity index (χ2n) is 3.51. The lowest BCUT2D eigenvalue weighted by Gasteiger charge is -2.32. The van der Waals surface area contributed by atoms with E-state index < -0.39 is 5.92 Å². The van der Waals surface area contributed by atoms with Crippen molar-refractivity contribution in [3.63, 3.8) is 0 Å². The molecule has 2 nitrogen and oxygen atoms in total. The van der Waals surface area contributed by atoms with Crippen molar-refractivity contribution in [2.45, 2.75) is 12.8 Å². The van der Waals surface area contributed by atoms with Crippen LogP contribution in [-0.2, 0) is 0 Å². The molecule has 0 radical (unpaired) electrons. The molecule has 0 aromatic rings. The molecule has 0 amide bonds. The lowest BCUT2D eigenvalue weighted by Crippen LogP contribution is -2.36. The van der Waals surface area contributed by atoms with Crippen LogP contribution < -0.4 is 0 Å². The first-order valence-electron chi connectivity index (χ1n) is 4.39. The third-order valence-corrected chi connectivity index (χ3v) is 3.17. The first kappa shape index (κ1) is 12.4. The Hall–Kier alpha value is -0.640. The minimum Gasteiger partial charge on any atom is -0.368 e. The normalized spacial score (nSPS) is 17.6. The van der Waals surface area contributed by atoms with Gasteiger partial charge in [-0.2, -0.15) is 14.0 Å². The van der Waals surface area contributed by atoms with Crippen molar-refractivity contribution in [2.24, 2.45) is 0 Å². The Morgan fingerprint density at radius 3 is 2.67 bits per heavy atom. The van der Waals surface area contributed by atoms with Crippen LogP contribution in [0.1, 0.15) is 6.92 Å². The summed E-state index contributed by atoms with van der Waals surface area (Å²) in [6.07, 6.45) is 1.54. The zero-order valence-electron chi connectivity index (χ0n) is 8.52. The predicted molar refractivity (Wildman–Crippen MR) is 62.9 cm³/mol. The van der Waals surface area contributed by atoms with Crippen LogP contribution in [0.2, 0.25) is 0 Å². The molecule has 0 aromatic carbocycles. The van der Waals surface area contributed by atoms with E-state index in [0.29, 0.717) is 11.1 Å². The smallest absolute Gasteiger partial charge is 0.296 e. The van der Waals surface area contributed by atoms with Crippen molar-refractivity contribution in [3.8, 4) is 6.07 Å². The van der Waals surface area contributed by atoms with Gasteiger partial charge in [-0.1, -0.05) is 22.6 Å². The summed E-state index contributed by atoms with van der Waals surface area (Å²) in [5, 5.41) is 8.72. The van der Waals surface area contributed by atoms with Crippen LogP contribution in [0.3, 0.4) is 0 Å². The second-order valence-corrected chi connectivity index (χ2v) is 4.27. The summed E-state index contributed by atoms with van der Waals surface area (Å²) in [4.78, 5) is 1.45. The quantitative estimate of drug-likeness (QED) is 0.577. The molecule has 1 aliphatic rings. The summed E-state index contributed by atoms with van der Waals surface area (Å²) < 4.78 is 26.8. The SMILES string of the molecule is CC1=C(C(F)(F)CI)N(C)CC(C#N)=C1. The van der Waals surface area contributed by atoms with Crippen LogP contribution in [0.15, 0.2) is 22.9 Å². The van der Waals surface area contributed by atoms with E-state index in [1.807, 2.05) is 6.07 Å². The van der Waals surface area contributed by atoms with Crippen molar-refractivity contribution in [3.05, 3.63) is 22.9 Å². The number of hydrogen-bond donors (Lipinski definition) is 0. The maximum atomic E-state index is 13.6. The van der Waals surface area contributed by atoms with Crippen LogP contribution in [0, 0.1) is 11.3 Å². The van der Waals surface area contributed by atoms with E-state index in [-0.39, 0.29) is 16.7 Å². The van der Waals surface area contributed by atoms with E-state index in [2.05, 4.69) is 0 Å². The van der Waals surface area contributed by atoms with Gasteiger partial charge in [-0.05, 0) is 18.6 Å². The minimum absolute atomic E-state index is 0.0240. The first-order valence-corrected chi connectivity index (χ1v) is 5.92. The number of hydrogen-bond acceptors (Lipinski definition) is 2. The Balaban J connectivity index is 3.17. The van der Waals surface area contributed by atoms with E-state index >= 15 is 0 Å². The number of likely N-dealkylation sites (N-methyl/N-ethyl adjacent to an activating group) is 1. The van der Waals surface area contributed by atoms with Gasteiger partial charge in [0.2, 0.25) is 0 Å². The zero-order chi connectivity index (χ0) is 11.6. The minimum atomic E-state index is -2.82. The van der Waals surface area contributed by atoms with Gasteiger partial charge in [0.15, 0.2) is 0 Å². The molecular weight excluding hydrogens is 313 g/mol. The lowest BCUT2D eigenvalue weighted by molar-refractivity contribution is 0.0424. The first-order chi connectivity index (χ1) is 6.92. The standard InChI is InChI=1S/C10H11F2IN2/c1-7-3-8(4-14)5-15(2)9(7)10(11,12)6-13/h3H,5-6H2,1-2H3. The molecule has 1 rings (SSSR count). The number of rotatable bonds is 2. The highest BCUT2D eigenvalue weighted by Gasteiger charge is 2.38. The molecule has 15 heavy (non-hydrogen) atoms. The summed E-state index contributed by atoms with van der Waals surface area (Å²) in [5.74, 6) is -2.82. The van der Waals surface area contributed by atoms with Crippen LogP contribution >= 0.6 is 22.6 Å². The molecule has 0 N–H and O–H groups in total. The summed E-state index contributed by atoms with van der Waals surface area (Å²) in [7, 11) is 1.59. The fourth-order valence-corrected chi connectivity index (χ4v) is 2.07. The van der Waals surface area contributed by atoms with Crippen LogP contribution in [0.5, 0.6) is 0 Å². The molecule has 0 saturated heterocycles. The number of halogens is 3. The van der Waals surface area contributed by atoms with E-state index in [9.17, 15) is 8.78 Å². The molecule has 82 valence electrons. The van der Waals surface area contributed by atoms with Crippen molar-refractivity contribution < 1.29 is 8.78 Å². The predicted octanol–water partition coefficient (Wildman–Crippen LogP) is 2.73. The van der Waals surface area contributed by atoms with E-state index in [4.69, 9.17) is 5.26 Å². The average molecular weight is 324 g/mol. The second kappa shape index (κ2) is 4.47. The van der Waals surface area contributed by atoms with Gasteiger partial charge < -0.3 is 4.90 Å². The van der Waals surface area contributed by atoms with Crippen molar-refractivity contribution in [1.29, 1.82) is 5.26 Å². The van der Waals surface area contributed by atoms with E-state index in [1.54, 1.807) is 36.6 Å². The van der Waals surface area contributed by atoms with Gasteiger partial charge in [0.25, 0.3) is 5.92 Å². The molecule has 5 heteroatoms. The van der Waals surface area contributed by atoms with Crippen molar-refractivity contribution >= 4 is 22.6 Å². The number of nitriles is 1. The van der Waals surface area contributed by atoms with Crippen molar-refractivity contribution in [1.82, 2.24) is 4.90 Å². The molecule has 0 saturated carbocycles. The van der Waals surface area contributed by atoms with E-state index in [1.165, 1.54) is 11.0 Å². The molecule has 1 heterocycles. The average Bonchev–Trinajstić information content (AvgIpc) is 2.16. The summed E-state index contributed by atoms with van der Waals surface area (Å²) >= 11 is 1.67. The van der Waals surface area contributed by atoms with Gasteiger partial charge in [0, 0.05) is 12.6 Å². The third kappa shape index (κ3) is 2.48. The Morgan fingerprint density at radius 2 is 2.27 bits per heavy atom. The Labute approximate surface area is 101 Å². The Morgan fingerprint density at radius 1 is 1.67 bits per heavy atom. The lowest BCUT2D eigenvalue weighted by atomic mass is 10.0. The Bertz CT molecular complexity index is 366. The topological polar surface area (TPSA) is 27.0 Å². The largest absolute Gasteiger partial charge is 0.368 e. The summed E-state index contributed by atoms with van der Waals surface area (Å²) in [6.45, 7) is 1.87. The van der Waals surface area contributed by atoms with Gasteiger partial charge in [0.1, 0.15) is 0 Å². The van der Waals surface area contributed by atoms with Gasteiger partial charge in [-0.15, -0.1) is 0 Å². The van der Waals surface area contributed by atoms with Gasteiger partial charge in [-0.25, -0.2) is 0 Å². The molecule has 1 aliphatic heterocycles. The van der Waals surface area contributed by atoms with Crippen molar-refractivity contribution in [2.75, 3.05) is 18.0 Å².